The summed E-state index contributed by atoms with van der Waals surface area (Å²) in [6.45, 7) is 0. The van der Waals surface area contributed by atoms with E-state index >= 15 is 0 Å². The SMILES string of the molecule is COc1ccc(-c2cc(-c3ccc(Br)cc3)nc(SCC(=O)Nc3ccc(F)cc3)c2C#N)cc1OC. The van der Waals surface area contributed by atoms with Crippen molar-refractivity contribution in [1.82, 2.24) is 4.98 Å². The molecule has 37 heavy (non-hydrogen) atoms. The maximum absolute atomic E-state index is 13.2. The van der Waals surface area contributed by atoms with Crippen LogP contribution in [0.2, 0.25) is 0 Å². The second-order valence-corrected chi connectivity index (χ2v) is 9.65. The number of rotatable bonds is 8. The number of hydrogen-bond donors (Lipinski definition) is 1. The van der Waals surface area contributed by atoms with Crippen LogP contribution in [0.25, 0.3) is 22.4 Å². The fraction of sp³-hybridized carbons (Fsp3) is 0.107. The minimum atomic E-state index is -0.386. The van der Waals surface area contributed by atoms with Crippen LogP contribution in [0.4, 0.5) is 10.1 Å². The van der Waals surface area contributed by atoms with Gasteiger partial charge in [0.1, 0.15) is 16.9 Å². The monoisotopic (exact) mass is 577 g/mol. The average Bonchev–Trinajstić information content (AvgIpc) is 2.92. The van der Waals surface area contributed by atoms with Gasteiger partial charge >= 0.3 is 0 Å². The first-order chi connectivity index (χ1) is 17.9. The van der Waals surface area contributed by atoms with Crippen LogP contribution in [-0.2, 0) is 4.79 Å². The summed E-state index contributed by atoms with van der Waals surface area (Å²) in [4.78, 5) is 17.3. The lowest BCUT2D eigenvalue weighted by atomic mass is 9.99. The number of pyridine rings is 1. The van der Waals surface area contributed by atoms with Crippen LogP contribution in [-0.4, -0.2) is 30.9 Å². The molecular weight excluding hydrogens is 557 g/mol. The number of methoxy groups -OCH3 is 2. The van der Waals surface area contributed by atoms with Gasteiger partial charge in [-0.15, -0.1) is 0 Å². The topological polar surface area (TPSA) is 84.2 Å². The van der Waals surface area contributed by atoms with Crippen molar-refractivity contribution in [3.8, 4) is 40.0 Å². The molecule has 1 amide bonds. The predicted molar refractivity (Wildman–Crippen MR) is 146 cm³/mol. The highest BCUT2D eigenvalue weighted by Crippen LogP contribution is 2.38. The number of nitriles is 1. The molecule has 4 aromatic rings. The molecule has 0 aliphatic heterocycles. The van der Waals surface area contributed by atoms with Gasteiger partial charge in [0.05, 0.1) is 31.2 Å². The van der Waals surface area contributed by atoms with Crippen LogP contribution in [0, 0.1) is 17.1 Å². The molecule has 0 saturated heterocycles. The van der Waals surface area contributed by atoms with E-state index in [0.717, 1.165) is 27.4 Å². The summed E-state index contributed by atoms with van der Waals surface area (Å²) in [6.07, 6.45) is 0. The third-order valence-corrected chi connectivity index (χ3v) is 6.90. The summed E-state index contributed by atoms with van der Waals surface area (Å²) in [5, 5.41) is 13.3. The van der Waals surface area contributed by atoms with E-state index in [0.29, 0.717) is 39.0 Å². The van der Waals surface area contributed by atoms with Crippen LogP contribution in [0.15, 0.2) is 82.3 Å². The maximum Gasteiger partial charge on any atom is 0.234 e. The summed E-state index contributed by atoms with van der Waals surface area (Å²) in [5.74, 6) is 0.415. The Morgan fingerprint density at radius 3 is 2.32 bits per heavy atom. The van der Waals surface area contributed by atoms with E-state index < -0.39 is 0 Å². The maximum atomic E-state index is 13.2. The van der Waals surface area contributed by atoms with E-state index in [1.54, 1.807) is 26.4 Å². The van der Waals surface area contributed by atoms with Gasteiger partial charge in [-0.05, 0) is 60.2 Å². The molecule has 1 N–H and O–H groups in total. The van der Waals surface area contributed by atoms with E-state index in [1.165, 1.54) is 24.3 Å². The molecule has 0 atom stereocenters. The highest BCUT2D eigenvalue weighted by Gasteiger charge is 2.18. The highest BCUT2D eigenvalue weighted by atomic mass is 79.9. The van der Waals surface area contributed by atoms with Gasteiger partial charge in [-0.25, -0.2) is 9.37 Å². The molecule has 0 fully saturated rings. The molecule has 3 aromatic carbocycles. The van der Waals surface area contributed by atoms with Crippen molar-refractivity contribution < 1.29 is 18.7 Å². The quantitative estimate of drug-likeness (QED) is 0.228. The Morgan fingerprint density at radius 2 is 1.68 bits per heavy atom. The number of nitrogens with zero attached hydrogens (tertiary/aromatic N) is 2. The summed E-state index contributed by atoms with van der Waals surface area (Å²) in [5.41, 5.74) is 3.72. The molecule has 1 heterocycles. The molecule has 0 spiro atoms. The fourth-order valence-corrected chi connectivity index (χ4v) is 4.67. The summed E-state index contributed by atoms with van der Waals surface area (Å²) in [6, 6.07) is 22.7. The van der Waals surface area contributed by atoms with Gasteiger partial charge in [-0.1, -0.05) is 45.9 Å². The Kier molecular flexibility index (Phi) is 8.43. The molecule has 0 unspecified atom stereocenters. The first-order valence-electron chi connectivity index (χ1n) is 11.0. The largest absolute Gasteiger partial charge is 0.493 e. The van der Waals surface area contributed by atoms with E-state index in [9.17, 15) is 14.4 Å². The predicted octanol–water partition coefficient (Wildman–Crippen LogP) is 6.94. The molecule has 1 aromatic heterocycles. The Hall–Kier alpha value is -3.87. The lowest BCUT2D eigenvalue weighted by molar-refractivity contribution is -0.113. The number of amides is 1. The minimum absolute atomic E-state index is 0.00816. The van der Waals surface area contributed by atoms with Crippen molar-refractivity contribution >= 4 is 39.3 Å². The normalized spacial score (nSPS) is 10.5. The van der Waals surface area contributed by atoms with Crippen molar-refractivity contribution in [2.75, 3.05) is 25.3 Å². The molecule has 0 bridgehead atoms. The zero-order chi connectivity index (χ0) is 26.4. The molecule has 9 heteroatoms. The Bertz CT molecular complexity index is 1470. The third-order valence-electron chi connectivity index (χ3n) is 5.40. The van der Waals surface area contributed by atoms with Crippen LogP contribution < -0.4 is 14.8 Å². The Labute approximate surface area is 226 Å². The van der Waals surface area contributed by atoms with Gasteiger partial charge in [-0.2, -0.15) is 5.26 Å². The van der Waals surface area contributed by atoms with Gasteiger partial charge in [-0.3, -0.25) is 4.79 Å². The van der Waals surface area contributed by atoms with Gasteiger partial charge in [0.15, 0.2) is 11.5 Å². The minimum Gasteiger partial charge on any atom is -0.493 e. The summed E-state index contributed by atoms with van der Waals surface area (Å²) >= 11 is 4.60. The van der Waals surface area contributed by atoms with Crippen molar-refractivity contribution in [2.45, 2.75) is 5.03 Å². The van der Waals surface area contributed by atoms with Crippen molar-refractivity contribution in [3.63, 3.8) is 0 Å². The first kappa shape index (κ1) is 26.2. The average molecular weight is 578 g/mol. The van der Waals surface area contributed by atoms with E-state index in [1.807, 2.05) is 36.4 Å². The molecule has 186 valence electrons. The van der Waals surface area contributed by atoms with Gasteiger partial charge < -0.3 is 14.8 Å². The zero-order valence-electron chi connectivity index (χ0n) is 19.9. The number of halogens is 2. The van der Waals surface area contributed by atoms with Gasteiger partial charge in [0, 0.05) is 21.3 Å². The number of thioether (sulfide) groups is 1. The number of aromatic nitrogens is 1. The van der Waals surface area contributed by atoms with Crippen LogP contribution in [0.3, 0.4) is 0 Å². The van der Waals surface area contributed by atoms with Crippen LogP contribution in [0.1, 0.15) is 5.56 Å². The van der Waals surface area contributed by atoms with E-state index in [-0.39, 0.29) is 17.5 Å². The number of hydrogen-bond acceptors (Lipinski definition) is 6. The Morgan fingerprint density at radius 1 is 1.00 bits per heavy atom. The number of nitrogens with one attached hydrogen (secondary N) is 1. The number of anilines is 1. The number of carbonyl (C=O) groups excluding carboxylic acids is 1. The lowest BCUT2D eigenvalue weighted by Gasteiger charge is -2.14. The molecule has 0 aliphatic rings. The van der Waals surface area contributed by atoms with E-state index in [2.05, 4.69) is 27.3 Å². The van der Waals surface area contributed by atoms with Crippen LogP contribution >= 0.6 is 27.7 Å². The molecule has 0 aliphatic carbocycles. The summed E-state index contributed by atoms with van der Waals surface area (Å²) in [7, 11) is 3.11. The number of carbonyl (C=O) groups is 1. The van der Waals surface area contributed by atoms with E-state index in [4.69, 9.17) is 14.5 Å². The van der Waals surface area contributed by atoms with Crippen molar-refractivity contribution in [1.29, 1.82) is 5.26 Å². The second kappa shape index (κ2) is 11.9. The van der Waals surface area contributed by atoms with Crippen LogP contribution in [0.5, 0.6) is 11.5 Å². The van der Waals surface area contributed by atoms with Gasteiger partial charge in [0.25, 0.3) is 0 Å². The molecule has 0 saturated carbocycles. The van der Waals surface area contributed by atoms with Crippen molar-refractivity contribution in [2.24, 2.45) is 0 Å². The molecule has 4 rings (SSSR count). The Balaban J connectivity index is 1.73. The number of benzene rings is 3. The van der Waals surface area contributed by atoms with Gasteiger partial charge in [0.2, 0.25) is 5.91 Å². The molecule has 0 radical (unpaired) electrons. The fourth-order valence-electron chi connectivity index (χ4n) is 3.60. The van der Waals surface area contributed by atoms with Crippen molar-refractivity contribution in [3.05, 3.63) is 88.6 Å². The lowest BCUT2D eigenvalue weighted by Crippen LogP contribution is -2.14. The second-order valence-electron chi connectivity index (χ2n) is 7.77. The highest BCUT2D eigenvalue weighted by molar-refractivity contribution is 9.10. The molecule has 6 nitrogen and oxygen atoms in total. The standard InChI is InChI=1S/C28H21BrFN3O3S/c1-35-25-12-5-18(13-26(25)36-2)22-14-24(17-3-6-19(29)7-4-17)33-28(23(22)15-31)37-16-27(34)32-21-10-8-20(30)9-11-21/h3-14H,16H2,1-2H3,(H,32,34). The smallest absolute Gasteiger partial charge is 0.234 e. The first-order valence-corrected chi connectivity index (χ1v) is 12.8. The molecular formula is C28H21BrFN3O3S. The number of ether oxygens (including phenoxy) is 2. The zero-order valence-corrected chi connectivity index (χ0v) is 22.3. The third kappa shape index (κ3) is 6.28. The summed E-state index contributed by atoms with van der Waals surface area (Å²) < 4.78 is 24.9.